The van der Waals surface area contributed by atoms with Gasteiger partial charge in [-0.2, -0.15) is 4.80 Å². The van der Waals surface area contributed by atoms with Crippen molar-refractivity contribution in [3.63, 3.8) is 0 Å². The summed E-state index contributed by atoms with van der Waals surface area (Å²) >= 11 is 0. The number of nitrogens with zero attached hydrogens (tertiary/aromatic N) is 4. The van der Waals surface area contributed by atoms with E-state index in [1.54, 1.807) is 7.05 Å². The lowest BCUT2D eigenvalue weighted by molar-refractivity contribution is -0.138. The summed E-state index contributed by atoms with van der Waals surface area (Å²) in [6.07, 6.45) is 0.100. The van der Waals surface area contributed by atoms with Crippen LogP contribution < -0.4 is 5.73 Å². The van der Waals surface area contributed by atoms with Crippen LogP contribution in [0.25, 0.3) is 0 Å². The van der Waals surface area contributed by atoms with Gasteiger partial charge in [0.2, 0.25) is 0 Å². The molecule has 13 heavy (non-hydrogen) atoms. The number of nitrogens with two attached hydrogens (primary N) is 1. The minimum atomic E-state index is -1.07. The van der Waals surface area contributed by atoms with Gasteiger partial charge >= 0.3 is 5.97 Å². The summed E-state index contributed by atoms with van der Waals surface area (Å²) in [4.78, 5) is 11.6. The number of aromatic nitrogens is 4. The van der Waals surface area contributed by atoms with Crippen LogP contribution in [0.3, 0.4) is 0 Å². The zero-order valence-electron chi connectivity index (χ0n) is 6.91. The lowest BCUT2D eigenvalue weighted by Crippen LogP contribution is -2.32. The number of hydrogen-bond donors (Lipinski definition) is 2. The van der Waals surface area contributed by atoms with E-state index in [9.17, 15) is 4.79 Å². The fraction of sp³-hybridized carbons (Fsp3) is 0.600. The van der Waals surface area contributed by atoms with Crippen molar-refractivity contribution in [3.05, 3.63) is 5.82 Å². The van der Waals surface area contributed by atoms with Crippen molar-refractivity contribution < 1.29 is 9.90 Å². The van der Waals surface area contributed by atoms with Crippen molar-refractivity contribution in [2.24, 2.45) is 12.8 Å². The molecule has 0 saturated carbocycles. The molecule has 0 aliphatic carbocycles. The molecule has 7 nitrogen and oxygen atoms in total. The van der Waals surface area contributed by atoms with E-state index in [-0.39, 0.29) is 18.8 Å². The van der Waals surface area contributed by atoms with Gasteiger partial charge in [-0.1, -0.05) is 0 Å². The average molecular weight is 208 g/mol. The number of aryl methyl sites for hydroxylation is 1. The summed E-state index contributed by atoms with van der Waals surface area (Å²) in [6, 6.07) is -0.964. The molecule has 0 radical (unpaired) electrons. The fourth-order valence-corrected chi connectivity index (χ4v) is 0.689. The second-order valence-corrected chi connectivity index (χ2v) is 2.34. The summed E-state index contributed by atoms with van der Waals surface area (Å²) in [5.74, 6) is -0.727. The molecule has 8 heteroatoms. The smallest absolute Gasteiger partial charge is 0.320 e. The molecule has 1 heterocycles. The first-order valence-corrected chi connectivity index (χ1v) is 3.31. The van der Waals surface area contributed by atoms with Crippen molar-refractivity contribution in [1.82, 2.24) is 20.2 Å². The van der Waals surface area contributed by atoms with Crippen molar-refractivity contribution in [2.75, 3.05) is 0 Å². The van der Waals surface area contributed by atoms with E-state index >= 15 is 0 Å². The molecule has 0 fully saturated rings. The number of carbonyl (C=O) groups is 1. The van der Waals surface area contributed by atoms with Gasteiger partial charge in [0.05, 0.1) is 7.05 Å². The highest BCUT2D eigenvalue weighted by molar-refractivity contribution is 5.85. The zero-order valence-corrected chi connectivity index (χ0v) is 7.73. The Kier molecular flexibility index (Phi) is 4.29. The molecule has 0 aliphatic heterocycles. The molecule has 1 atom stereocenters. The topological polar surface area (TPSA) is 107 Å². The van der Waals surface area contributed by atoms with Crippen LogP contribution in [0.4, 0.5) is 0 Å². The lowest BCUT2D eigenvalue weighted by Gasteiger charge is -2.00. The van der Waals surface area contributed by atoms with Crippen LogP contribution in [0.2, 0.25) is 0 Å². The first-order valence-electron chi connectivity index (χ1n) is 3.31. The summed E-state index contributed by atoms with van der Waals surface area (Å²) in [7, 11) is 1.60. The van der Waals surface area contributed by atoms with Gasteiger partial charge in [0, 0.05) is 6.42 Å². The summed E-state index contributed by atoms with van der Waals surface area (Å²) in [6.45, 7) is 0. The van der Waals surface area contributed by atoms with Crippen LogP contribution >= 0.6 is 12.4 Å². The van der Waals surface area contributed by atoms with Crippen molar-refractivity contribution >= 4 is 18.4 Å². The Hall–Kier alpha value is -1.21. The predicted molar refractivity (Wildman–Crippen MR) is 45.4 cm³/mol. The van der Waals surface area contributed by atoms with E-state index in [0.29, 0.717) is 5.82 Å². The van der Waals surface area contributed by atoms with Gasteiger partial charge < -0.3 is 10.8 Å². The Morgan fingerprint density at radius 3 is 2.77 bits per heavy atom. The molecule has 1 aromatic heterocycles. The van der Waals surface area contributed by atoms with Crippen LogP contribution in [-0.4, -0.2) is 37.3 Å². The summed E-state index contributed by atoms with van der Waals surface area (Å²) < 4.78 is 0. The normalized spacial score (nSPS) is 11.8. The van der Waals surface area contributed by atoms with E-state index < -0.39 is 12.0 Å². The third-order valence-corrected chi connectivity index (χ3v) is 1.27. The maximum absolute atomic E-state index is 10.3. The molecule has 0 spiro atoms. The van der Waals surface area contributed by atoms with Gasteiger partial charge in [-0.25, -0.2) is 0 Å². The van der Waals surface area contributed by atoms with Crippen LogP contribution in [0.1, 0.15) is 5.82 Å². The van der Waals surface area contributed by atoms with Crippen molar-refractivity contribution in [2.45, 2.75) is 12.5 Å². The van der Waals surface area contributed by atoms with Gasteiger partial charge in [-0.15, -0.1) is 22.6 Å². The Labute approximate surface area is 80.3 Å². The first kappa shape index (κ1) is 11.8. The Bertz CT molecular complexity index is 288. The highest BCUT2D eigenvalue weighted by Crippen LogP contribution is 1.91. The molecular weight excluding hydrogens is 198 g/mol. The lowest BCUT2D eigenvalue weighted by atomic mass is 10.2. The van der Waals surface area contributed by atoms with Crippen LogP contribution in [0.5, 0.6) is 0 Å². The number of carboxylic acids is 1. The molecular formula is C5H10ClN5O2. The zero-order chi connectivity index (χ0) is 9.14. The van der Waals surface area contributed by atoms with E-state index in [2.05, 4.69) is 15.4 Å². The van der Waals surface area contributed by atoms with Gasteiger partial charge in [0.25, 0.3) is 0 Å². The maximum atomic E-state index is 10.3. The van der Waals surface area contributed by atoms with Gasteiger partial charge in [0.1, 0.15) is 6.04 Å². The SMILES string of the molecule is Cl.Cn1nnc(CC(N)C(=O)O)n1. The molecule has 0 aromatic carbocycles. The van der Waals surface area contributed by atoms with E-state index in [4.69, 9.17) is 10.8 Å². The minimum absolute atomic E-state index is 0. The third kappa shape index (κ3) is 3.34. The molecule has 74 valence electrons. The number of halogens is 1. The Morgan fingerprint density at radius 2 is 2.38 bits per heavy atom. The molecule has 0 amide bonds. The molecule has 0 bridgehead atoms. The van der Waals surface area contributed by atoms with E-state index in [1.165, 1.54) is 4.80 Å². The largest absolute Gasteiger partial charge is 0.480 e. The number of hydrogen-bond acceptors (Lipinski definition) is 5. The summed E-state index contributed by atoms with van der Waals surface area (Å²) in [5.41, 5.74) is 5.24. The molecule has 3 N–H and O–H groups in total. The Balaban J connectivity index is 0.00000144. The maximum Gasteiger partial charge on any atom is 0.320 e. The molecule has 0 saturated heterocycles. The second kappa shape index (κ2) is 4.73. The van der Waals surface area contributed by atoms with Crippen molar-refractivity contribution in [3.8, 4) is 0 Å². The summed E-state index contributed by atoms with van der Waals surface area (Å²) in [5, 5.41) is 19.4. The minimum Gasteiger partial charge on any atom is -0.480 e. The number of rotatable bonds is 3. The highest BCUT2D eigenvalue weighted by atomic mass is 35.5. The molecule has 1 aromatic rings. The quantitative estimate of drug-likeness (QED) is 0.631. The van der Waals surface area contributed by atoms with Gasteiger partial charge in [-0.05, 0) is 5.21 Å². The molecule has 0 aliphatic rings. The number of tetrazole rings is 1. The van der Waals surface area contributed by atoms with Crippen LogP contribution in [-0.2, 0) is 18.3 Å². The standard InChI is InChI=1S/C5H9N5O2.ClH/c1-10-8-4(7-9-10)2-3(6)5(11)12;/h3H,2,6H2,1H3,(H,11,12);1H. The Morgan fingerprint density at radius 1 is 1.77 bits per heavy atom. The van der Waals surface area contributed by atoms with E-state index in [0.717, 1.165) is 0 Å². The molecule has 1 rings (SSSR count). The molecule has 1 unspecified atom stereocenters. The van der Waals surface area contributed by atoms with Crippen molar-refractivity contribution in [1.29, 1.82) is 0 Å². The average Bonchev–Trinajstić information content (AvgIpc) is 2.35. The number of carboxylic acid groups (broad SMARTS) is 1. The van der Waals surface area contributed by atoms with Crippen LogP contribution in [0, 0.1) is 0 Å². The third-order valence-electron chi connectivity index (χ3n) is 1.27. The van der Waals surface area contributed by atoms with Gasteiger partial charge in [-0.3, -0.25) is 4.79 Å². The predicted octanol–water partition coefficient (Wildman–Crippen LogP) is -1.41. The fourth-order valence-electron chi connectivity index (χ4n) is 0.689. The monoisotopic (exact) mass is 207 g/mol. The van der Waals surface area contributed by atoms with Crippen LogP contribution in [0.15, 0.2) is 0 Å². The van der Waals surface area contributed by atoms with E-state index in [1.807, 2.05) is 0 Å². The highest BCUT2D eigenvalue weighted by Gasteiger charge is 2.14. The first-order chi connectivity index (χ1) is 5.59. The number of aliphatic carboxylic acids is 1. The van der Waals surface area contributed by atoms with Gasteiger partial charge in [0.15, 0.2) is 5.82 Å². The second-order valence-electron chi connectivity index (χ2n) is 2.34.